The predicted octanol–water partition coefficient (Wildman–Crippen LogP) is 3.50. The molecule has 0 unspecified atom stereocenters. The predicted molar refractivity (Wildman–Crippen MR) is 124 cm³/mol. The van der Waals surface area contributed by atoms with Crippen LogP contribution in [0.15, 0.2) is 58.6 Å². The summed E-state index contributed by atoms with van der Waals surface area (Å²) < 4.78 is 1.75. The molecule has 0 bridgehead atoms. The summed E-state index contributed by atoms with van der Waals surface area (Å²) in [6.07, 6.45) is 7.19. The minimum Gasteiger partial charge on any atom is -0.325 e. The maximum atomic E-state index is 12.8. The van der Waals surface area contributed by atoms with Gasteiger partial charge in [0.15, 0.2) is 5.78 Å². The molecule has 0 aliphatic heterocycles. The highest BCUT2D eigenvalue weighted by molar-refractivity contribution is 8.00. The third kappa shape index (κ3) is 5.13. The van der Waals surface area contributed by atoms with Gasteiger partial charge in [-0.3, -0.25) is 19.1 Å². The van der Waals surface area contributed by atoms with Crippen LogP contribution in [0.5, 0.6) is 0 Å². The molecule has 2 aromatic heterocycles. The molecule has 0 saturated carbocycles. The third-order valence-corrected chi connectivity index (χ3v) is 6.45. The van der Waals surface area contributed by atoms with E-state index in [1.807, 2.05) is 12.1 Å². The molecule has 0 saturated heterocycles. The fourth-order valence-electron chi connectivity index (χ4n) is 3.85. The lowest BCUT2D eigenvalue weighted by Crippen LogP contribution is -2.30. The maximum Gasteiger partial charge on any atom is 0.349 e. The first-order chi connectivity index (χ1) is 15.5. The van der Waals surface area contributed by atoms with Crippen molar-refractivity contribution in [1.82, 2.24) is 14.5 Å². The molecule has 32 heavy (non-hydrogen) atoms. The second-order valence-corrected chi connectivity index (χ2v) is 8.71. The van der Waals surface area contributed by atoms with Gasteiger partial charge in [-0.15, -0.1) is 0 Å². The van der Waals surface area contributed by atoms with E-state index in [1.54, 1.807) is 41.2 Å². The average Bonchev–Trinajstić information content (AvgIpc) is 2.80. The molecule has 2 heterocycles. The minimum atomic E-state index is -0.292. The number of nitrogens with one attached hydrogen (secondary N) is 1. The smallest absolute Gasteiger partial charge is 0.325 e. The SMILES string of the molecule is CC(=O)c1cccc(NC(=O)CSc2nc(=O)n(Cc3ccncc3)c3c2CCCC3)c1. The van der Waals surface area contributed by atoms with Crippen molar-refractivity contribution in [2.45, 2.75) is 44.2 Å². The Hall–Kier alpha value is -3.26. The number of anilines is 1. The third-order valence-electron chi connectivity index (χ3n) is 5.43. The summed E-state index contributed by atoms with van der Waals surface area (Å²) in [4.78, 5) is 45.2. The zero-order valence-corrected chi connectivity index (χ0v) is 18.7. The van der Waals surface area contributed by atoms with E-state index in [9.17, 15) is 14.4 Å². The lowest BCUT2D eigenvalue weighted by Gasteiger charge is -2.22. The van der Waals surface area contributed by atoms with Gasteiger partial charge in [-0.05, 0) is 62.4 Å². The van der Waals surface area contributed by atoms with Crippen LogP contribution in [-0.2, 0) is 24.2 Å². The Bertz CT molecular complexity index is 1210. The normalized spacial score (nSPS) is 12.8. The van der Waals surface area contributed by atoms with Crippen LogP contribution in [0.2, 0.25) is 0 Å². The van der Waals surface area contributed by atoms with E-state index in [0.717, 1.165) is 42.5 Å². The number of ketones is 1. The summed E-state index contributed by atoms with van der Waals surface area (Å²) in [6.45, 7) is 1.96. The number of benzene rings is 1. The molecule has 0 atom stereocenters. The zero-order valence-electron chi connectivity index (χ0n) is 17.8. The summed E-state index contributed by atoms with van der Waals surface area (Å²) >= 11 is 1.29. The van der Waals surface area contributed by atoms with E-state index in [-0.39, 0.29) is 23.1 Å². The molecular formula is C24H24N4O3S. The van der Waals surface area contributed by atoms with Gasteiger partial charge >= 0.3 is 5.69 Å². The second-order valence-electron chi connectivity index (χ2n) is 7.75. The van der Waals surface area contributed by atoms with E-state index in [4.69, 9.17) is 0 Å². The number of nitrogens with zero attached hydrogens (tertiary/aromatic N) is 3. The van der Waals surface area contributed by atoms with Crippen molar-refractivity contribution in [2.24, 2.45) is 0 Å². The van der Waals surface area contributed by atoms with Crippen LogP contribution >= 0.6 is 11.8 Å². The van der Waals surface area contributed by atoms with Gasteiger partial charge in [-0.1, -0.05) is 23.9 Å². The Labute approximate surface area is 190 Å². The minimum absolute atomic E-state index is 0.0568. The summed E-state index contributed by atoms with van der Waals surface area (Å²) in [5, 5.41) is 3.46. The van der Waals surface area contributed by atoms with Gasteiger partial charge in [0.1, 0.15) is 5.03 Å². The quantitative estimate of drug-likeness (QED) is 0.338. The molecule has 1 aromatic carbocycles. The molecule has 3 aromatic rings. The van der Waals surface area contributed by atoms with Gasteiger partial charge in [0.25, 0.3) is 0 Å². The van der Waals surface area contributed by atoms with Crippen molar-refractivity contribution in [2.75, 3.05) is 11.1 Å². The van der Waals surface area contributed by atoms with Crippen LogP contribution < -0.4 is 11.0 Å². The first kappa shape index (κ1) is 22.0. The van der Waals surface area contributed by atoms with Crippen molar-refractivity contribution in [3.8, 4) is 0 Å². The Morgan fingerprint density at radius 2 is 1.91 bits per heavy atom. The van der Waals surface area contributed by atoms with Crippen LogP contribution in [0.1, 0.15) is 46.9 Å². The molecular weight excluding hydrogens is 424 g/mol. The number of carbonyl (C=O) groups is 2. The first-order valence-electron chi connectivity index (χ1n) is 10.6. The second kappa shape index (κ2) is 9.91. The van der Waals surface area contributed by atoms with E-state index >= 15 is 0 Å². The highest BCUT2D eigenvalue weighted by atomic mass is 32.2. The molecule has 164 valence electrons. The first-order valence-corrected chi connectivity index (χ1v) is 11.5. The molecule has 1 N–H and O–H groups in total. The van der Waals surface area contributed by atoms with Crippen LogP contribution in [0, 0.1) is 0 Å². The van der Waals surface area contributed by atoms with Crippen molar-refractivity contribution >= 4 is 29.1 Å². The van der Waals surface area contributed by atoms with Gasteiger partial charge in [0.05, 0.1) is 12.3 Å². The average molecular weight is 449 g/mol. The molecule has 1 aliphatic rings. The van der Waals surface area contributed by atoms with E-state index in [0.29, 0.717) is 22.8 Å². The van der Waals surface area contributed by atoms with Gasteiger partial charge < -0.3 is 5.32 Å². The number of carbonyl (C=O) groups excluding carboxylic acids is 2. The molecule has 4 rings (SSSR count). The Morgan fingerprint density at radius 1 is 1.12 bits per heavy atom. The molecule has 0 fully saturated rings. The van der Waals surface area contributed by atoms with Crippen molar-refractivity contribution in [1.29, 1.82) is 0 Å². The number of amides is 1. The maximum absolute atomic E-state index is 12.8. The monoisotopic (exact) mass is 448 g/mol. The van der Waals surface area contributed by atoms with E-state index < -0.39 is 0 Å². The highest BCUT2D eigenvalue weighted by Gasteiger charge is 2.21. The highest BCUT2D eigenvalue weighted by Crippen LogP contribution is 2.29. The lowest BCUT2D eigenvalue weighted by atomic mass is 9.97. The summed E-state index contributed by atoms with van der Waals surface area (Å²) in [5.74, 6) is -0.126. The Balaban J connectivity index is 1.51. The van der Waals surface area contributed by atoms with Gasteiger partial charge in [0, 0.05) is 34.9 Å². The van der Waals surface area contributed by atoms with E-state index in [1.165, 1.54) is 18.7 Å². The van der Waals surface area contributed by atoms with Crippen LogP contribution in [0.4, 0.5) is 5.69 Å². The van der Waals surface area contributed by atoms with Crippen molar-refractivity contribution < 1.29 is 9.59 Å². The van der Waals surface area contributed by atoms with Gasteiger partial charge in [-0.25, -0.2) is 4.79 Å². The fourth-order valence-corrected chi connectivity index (χ4v) is 4.72. The molecule has 0 radical (unpaired) electrons. The molecule has 0 spiro atoms. The zero-order chi connectivity index (χ0) is 22.5. The van der Waals surface area contributed by atoms with Crippen molar-refractivity contribution in [3.63, 3.8) is 0 Å². The largest absolute Gasteiger partial charge is 0.349 e. The molecule has 8 heteroatoms. The molecule has 7 nitrogen and oxygen atoms in total. The number of pyridine rings is 1. The summed E-state index contributed by atoms with van der Waals surface area (Å²) in [6, 6.07) is 10.6. The summed E-state index contributed by atoms with van der Waals surface area (Å²) in [7, 11) is 0. The number of thioether (sulfide) groups is 1. The number of fused-ring (bicyclic) bond motifs is 1. The topological polar surface area (TPSA) is 94.0 Å². The fraction of sp³-hybridized carbons (Fsp3) is 0.292. The Morgan fingerprint density at radius 3 is 2.69 bits per heavy atom. The van der Waals surface area contributed by atoms with Crippen LogP contribution in [0.3, 0.4) is 0 Å². The van der Waals surface area contributed by atoms with Gasteiger partial charge in [-0.2, -0.15) is 4.98 Å². The van der Waals surface area contributed by atoms with Gasteiger partial charge in [0.2, 0.25) is 5.91 Å². The summed E-state index contributed by atoms with van der Waals surface area (Å²) in [5.41, 5.74) is 3.92. The number of hydrogen-bond acceptors (Lipinski definition) is 6. The van der Waals surface area contributed by atoms with Crippen LogP contribution in [-0.4, -0.2) is 32.0 Å². The lowest BCUT2D eigenvalue weighted by molar-refractivity contribution is -0.113. The number of hydrogen-bond donors (Lipinski definition) is 1. The standard InChI is InChI=1S/C24H24N4O3S/c1-16(29)18-5-4-6-19(13-18)26-22(30)15-32-23-20-7-2-3-8-21(20)28(24(31)27-23)14-17-9-11-25-12-10-17/h4-6,9-13H,2-3,7-8,14-15H2,1H3,(H,26,30). The Kier molecular flexibility index (Phi) is 6.80. The number of aromatic nitrogens is 3. The number of Topliss-reactive ketones (excluding diaryl/α,β-unsaturated/α-hetero) is 1. The van der Waals surface area contributed by atoms with Crippen molar-refractivity contribution in [3.05, 3.63) is 81.7 Å². The molecule has 1 amide bonds. The van der Waals surface area contributed by atoms with Crippen LogP contribution in [0.25, 0.3) is 0 Å². The number of rotatable bonds is 7. The van der Waals surface area contributed by atoms with E-state index in [2.05, 4.69) is 15.3 Å². The molecule has 1 aliphatic carbocycles.